The van der Waals surface area contributed by atoms with E-state index in [-0.39, 0.29) is 29.8 Å². The Morgan fingerprint density at radius 2 is 1.56 bits per heavy atom. The van der Waals surface area contributed by atoms with Crippen LogP contribution in [0.2, 0.25) is 0 Å². The van der Waals surface area contributed by atoms with E-state index in [9.17, 15) is 15.0 Å². The van der Waals surface area contributed by atoms with Crippen molar-refractivity contribution in [1.82, 2.24) is 0 Å². The van der Waals surface area contributed by atoms with E-state index in [1.807, 2.05) is 41.5 Å². The molecule has 1 rings (SSSR count). The fourth-order valence-electron chi connectivity index (χ4n) is 2.30. The first kappa shape index (κ1) is 21.4. The minimum Gasteiger partial charge on any atom is -0.507 e. The van der Waals surface area contributed by atoms with E-state index in [0.29, 0.717) is 16.9 Å². The van der Waals surface area contributed by atoms with Crippen LogP contribution in [0.25, 0.3) is 0 Å². The smallest absolute Gasteiger partial charge is 0.337 e. The van der Waals surface area contributed by atoms with Gasteiger partial charge in [-0.3, -0.25) is 0 Å². The second-order valence-corrected chi connectivity index (χ2v) is 8.19. The van der Waals surface area contributed by atoms with Gasteiger partial charge in [-0.15, -0.1) is 0 Å². The molecule has 6 heteroatoms. The predicted molar refractivity (Wildman–Crippen MR) is 95.1 cm³/mol. The maximum atomic E-state index is 11.9. The first-order valence-electron chi connectivity index (χ1n) is 8.31. The quantitative estimate of drug-likeness (QED) is 0.536. The number of carbonyl (C=O) groups is 1. The Morgan fingerprint density at radius 3 is 1.96 bits per heavy atom. The van der Waals surface area contributed by atoms with E-state index in [0.717, 1.165) is 0 Å². The zero-order valence-electron chi connectivity index (χ0n) is 15.9. The lowest BCUT2D eigenvalue weighted by atomic mass is 9.79. The van der Waals surface area contributed by atoms with Crippen molar-refractivity contribution >= 4 is 5.97 Å². The third kappa shape index (κ3) is 6.30. The van der Waals surface area contributed by atoms with Gasteiger partial charge in [0.15, 0.2) is 0 Å². The van der Waals surface area contributed by atoms with Gasteiger partial charge in [-0.05, 0) is 23.0 Å². The molecular formula is C19H30O6. The molecule has 0 aliphatic carbocycles. The van der Waals surface area contributed by atoms with Crippen molar-refractivity contribution in [3.05, 3.63) is 23.3 Å². The lowest BCUT2D eigenvalue weighted by molar-refractivity contribution is -0.140. The molecular weight excluding hydrogens is 324 g/mol. The Hall–Kier alpha value is -1.63. The molecule has 1 aromatic rings. The third-order valence-electron chi connectivity index (χ3n) is 3.67. The number of benzene rings is 1. The van der Waals surface area contributed by atoms with Crippen molar-refractivity contribution in [1.29, 1.82) is 0 Å². The predicted octanol–water partition coefficient (Wildman–Crippen LogP) is 2.26. The molecule has 3 N–H and O–H groups in total. The van der Waals surface area contributed by atoms with Crippen molar-refractivity contribution in [3.63, 3.8) is 0 Å². The summed E-state index contributed by atoms with van der Waals surface area (Å²) < 4.78 is 10.3. The Morgan fingerprint density at radius 1 is 1.08 bits per heavy atom. The van der Waals surface area contributed by atoms with E-state index in [4.69, 9.17) is 14.6 Å². The van der Waals surface area contributed by atoms with Gasteiger partial charge in [0.2, 0.25) is 0 Å². The summed E-state index contributed by atoms with van der Waals surface area (Å²) in [6, 6.07) is 3.32. The maximum absolute atomic E-state index is 11.9. The van der Waals surface area contributed by atoms with Crippen LogP contribution < -0.4 is 4.74 Å². The van der Waals surface area contributed by atoms with Crippen LogP contribution in [0.4, 0.5) is 0 Å². The average molecular weight is 354 g/mol. The second kappa shape index (κ2) is 8.17. The Labute approximate surface area is 149 Å². The van der Waals surface area contributed by atoms with Crippen LogP contribution in [0.1, 0.15) is 52.7 Å². The number of ether oxygens (including phenoxy) is 2. The van der Waals surface area contributed by atoms with E-state index < -0.39 is 18.7 Å². The zero-order valence-corrected chi connectivity index (χ0v) is 15.9. The van der Waals surface area contributed by atoms with Crippen LogP contribution >= 0.6 is 0 Å². The first-order chi connectivity index (χ1) is 11.4. The number of esters is 1. The Bertz CT molecular complexity index is 560. The molecule has 142 valence electrons. The van der Waals surface area contributed by atoms with Crippen LogP contribution in [-0.2, 0) is 20.4 Å². The number of phenolic OH excluding ortho intramolecular Hbond substituents is 1. The highest BCUT2D eigenvalue weighted by Crippen LogP contribution is 2.41. The van der Waals surface area contributed by atoms with Crippen LogP contribution in [-0.4, -0.2) is 47.2 Å². The van der Waals surface area contributed by atoms with Crippen molar-refractivity contribution < 1.29 is 29.6 Å². The summed E-state index contributed by atoms with van der Waals surface area (Å²) >= 11 is 0. The van der Waals surface area contributed by atoms with Gasteiger partial charge in [-0.25, -0.2) is 4.79 Å². The lowest BCUT2D eigenvalue weighted by Gasteiger charge is -2.27. The summed E-state index contributed by atoms with van der Waals surface area (Å²) in [5.74, 6) is -0.0679. The Kier molecular flexibility index (Phi) is 6.99. The molecule has 0 aliphatic rings. The molecule has 6 nitrogen and oxygen atoms in total. The van der Waals surface area contributed by atoms with Crippen LogP contribution in [0.15, 0.2) is 12.1 Å². The molecule has 0 spiro atoms. The van der Waals surface area contributed by atoms with E-state index in [1.165, 1.54) is 0 Å². The number of phenols is 1. The molecule has 1 aromatic carbocycles. The van der Waals surface area contributed by atoms with Crippen molar-refractivity contribution in [2.45, 2.75) is 58.5 Å². The molecule has 0 amide bonds. The summed E-state index contributed by atoms with van der Waals surface area (Å²) in [6.07, 6.45) is -1.03. The minimum absolute atomic E-state index is 0.151. The number of aromatic hydroxyl groups is 1. The number of carbonyl (C=O) groups excluding carboxylic acids is 1. The van der Waals surface area contributed by atoms with Gasteiger partial charge in [0, 0.05) is 11.1 Å². The zero-order chi connectivity index (χ0) is 19.4. The van der Waals surface area contributed by atoms with Gasteiger partial charge in [-0.2, -0.15) is 0 Å². The highest BCUT2D eigenvalue weighted by molar-refractivity contribution is 5.74. The highest BCUT2D eigenvalue weighted by atomic mass is 16.6. The molecule has 0 saturated carbocycles. The molecule has 1 atom stereocenters. The molecule has 0 unspecified atom stereocenters. The van der Waals surface area contributed by atoms with E-state index >= 15 is 0 Å². The topological polar surface area (TPSA) is 96.2 Å². The monoisotopic (exact) mass is 354 g/mol. The van der Waals surface area contributed by atoms with Crippen LogP contribution in [0.3, 0.4) is 0 Å². The van der Waals surface area contributed by atoms with Gasteiger partial charge in [-0.1, -0.05) is 41.5 Å². The first-order valence-corrected chi connectivity index (χ1v) is 8.31. The number of hydrogen-bond donors (Lipinski definition) is 3. The summed E-state index contributed by atoms with van der Waals surface area (Å²) in [5, 5.41) is 28.5. The van der Waals surface area contributed by atoms with Crippen LogP contribution in [0, 0.1) is 0 Å². The second-order valence-electron chi connectivity index (χ2n) is 8.19. The summed E-state index contributed by atoms with van der Waals surface area (Å²) in [5.41, 5.74) is 0.737. The number of aliphatic hydroxyl groups excluding tert-OH is 2. The number of aliphatic hydroxyl groups is 2. The van der Waals surface area contributed by atoms with Gasteiger partial charge < -0.3 is 24.8 Å². The van der Waals surface area contributed by atoms with Crippen LogP contribution in [0.5, 0.6) is 11.5 Å². The van der Waals surface area contributed by atoms with Crippen molar-refractivity contribution in [3.8, 4) is 11.5 Å². The summed E-state index contributed by atoms with van der Waals surface area (Å²) in [7, 11) is 0. The molecule has 0 heterocycles. The highest BCUT2D eigenvalue weighted by Gasteiger charge is 2.27. The van der Waals surface area contributed by atoms with Gasteiger partial charge in [0.1, 0.15) is 24.2 Å². The molecule has 0 bridgehead atoms. The van der Waals surface area contributed by atoms with Crippen molar-refractivity contribution in [2.24, 2.45) is 0 Å². The van der Waals surface area contributed by atoms with Gasteiger partial charge in [0.25, 0.3) is 0 Å². The van der Waals surface area contributed by atoms with E-state index in [1.54, 1.807) is 12.1 Å². The van der Waals surface area contributed by atoms with Gasteiger partial charge in [0.05, 0.1) is 13.2 Å². The normalized spacial score (nSPS) is 13.6. The molecule has 0 radical (unpaired) electrons. The lowest BCUT2D eigenvalue weighted by Crippen LogP contribution is -2.24. The fourth-order valence-corrected chi connectivity index (χ4v) is 2.30. The summed E-state index contributed by atoms with van der Waals surface area (Å²) in [4.78, 5) is 11.9. The standard InChI is InChI=1S/C19H30O6/c1-18(2,3)14-7-13(8-15(17(14)23)19(4,5)6)25-16(22)11-24-10-12(21)9-20/h7-8,12,20-21,23H,9-11H2,1-6H3/t12-/m0/s1. The minimum atomic E-state index is -1.03. The third-order valence-corrected chi connectivity index (χ3v) is 3.67. The molecule has 25 heavy (non-hydrogen) atoms. The van der Waals surface area contributed by atoms with Crippen molar-refractivity contribution in [2.75, 3.05) is 19.8 Å². The molecule has 0 aliphatic heterocycles. The largest absolute Gasteiger partial charge is 0.507 e. The van der Waals surface area contributed by atoms with E-state index in [2.05, 4.69) is 0 Å². The number of hydrogen-bond acceptors (Lipinski definition) is 6. The molecule has 0 fully saturated rings. The SMILES string of the molecule is CC(C)(C)c1cc(OC(=O)COC[C@@H](O)CO)cc(C(C)(C)C)c1O. The average Bonchev–Trinajstić information content (AvgIpc) is 2.46. The number of rotatable bonds is 6. The molecule has 0 saturated heterocycles. The summed E-state index contributed by atoms with van der Waals surface area (Å²) in [6.45, 7) is 10.9. The Balaban J connectivity index is 3.02. The van der Waals surface area contributed by atoms with Gasteiger partial charge >= 0.3 is 5.97 Å². The maximum Gasteiger partial charge on any atom is 0.337 e. The molecule has 0 aromatic heterocycles. The fraction of sp³-hybridized carbons (Fsp3) is 0.632.